The molecule has 1 aliphatic heterocycles. The first-order valence-corrected chi connectivity index (χ1v) is 8.17. The van der Waals surface area contributed by atoms with Gasteiger partial charge >= 0.3 is 12.0 Å². The molecule has 2 N–H and O–H groups in total. The number of urea groups is 1. The van der Waals surface area contributed by atoms with Crippen LogP contribution in [0.4, 0.5) is 4.79 Å². The highest BCUT2D eigenvalue weighted by Crippen LogP contribution is 2.30. The SMILES string of the molecule is CCC(C)C(NC(=O)N1CCSC(C)(C)CC1)C(=O)O. The predicted octanol–water partition coefficient (Wildman–Crippen LogP) is 2.41. The molecule has 0 aromatic heterocycles. The van der Waals surface area contributed by atoms with E-state index in [9.17, 15) is 14.7 Å². The van der Waals surface area contributed by atoms with Crippen molar-refractivity contribution in [1.82, 2.24) is 10.2 Å². The summed E-state index contributed by atoms with van der Waals surface area (Å²) in [7, 11) is 0. The molecular formula is C14H26N2O3S. The lowest BCUT2D eigenvalue weighted by Gasteiger charge is -2.26. The molecule has 116 valence electrons. The quantitative estimate of drug-likeness (QED) is 0.836. The number of carbonyl (C=O) groups excluding carboxylic acids is 1. The maximum atomic E-state index is 12.2. The summed E-state index contributed by atoms with van der Waals surface area (Å²) in [6.45, 7) is 9.49. The zero-order valence-electron chi connectivity index (χ0n) is 12.8. The first-order chi connectivity index (χ1) is 9.26. The van der Waals surface area contributed by atoms with Gasteiger partial charge in [0, 0.05) is 23.6 Å². The minimum Gasteiger partial charge on any atom is -0.480 e. The molecule has 2 atom stereocenters. The Kier molecular flexibility index (Phi) is 6.17. The summed E-state index contributed by atoms with van der Waals surface area (Å²) >= 11 is 1.86. The highest BCUT2D eigenvalue weighted by Gasteiger charge is 2.30. The first-order valence-electron chi connectivity index (χ1n) is 7.19. The zero-order chi connectivity index (χ0) is 15.3. The fourth-order valence-electron chi connectivity index (χ4n) is 2.13. The van der Waals surface area contributed by atoms with Crippen LogP contribution in [0.15, 0.2) is 0 Å². The standard InChI is InChI=1S/C14H26N2O3S/c1-5-10(2)11(12(17)18)15-13(19)16-7-6-14(3,4)20-9-8-16/h10-11H,5-9H2,1-4H3,(H,15,19)(H,17,18). The topological polar surface area (TPSA) is 69.6 Å². The average molecular weight is 302 g/mol. The summed E-state index contributed by atoms with van der Waals surface area (Å²) in [4.78, 5) is 25.2. The van der Waals surface area contributed by atoms with Crippen molar-refractivity contribution in [3.8, 4) is 0 Å². The lowest BCUT2D eigenvalue weighted by molar-refractivity contribution is -0.140. The molecule has 2 amide bonds. The van der Waals surface area contributed by atoms with Gasteiger partial charge in [0.05, 0.1) is 0 Å². The molecule has 0 aromatic carbocycles. The van der Waals surface area contributed by atoms with Crippen LogP contribution >= 0.6 is 11.8 Å². The van der Waals surface area contributed by atoms with Crippen LogP contribution in [0.2, 0.25) is 0 Å². The molecule has 0 saturated carbocycles. The number of carboxylic acids is 1. The number of aliphatic carboxylic acids is 1. The van der Waals surface area contributed by atoms with E-state index in [-0.39, 0.29) is 16.7 Å². The molecule has 5 nitrogen and oxygen atoms in total. The van der Waals surface area contributed by atoms with Crippen LogP contribution < -0.4 is 5.32 Å². The maximum absolute atomic E-state index is 12.2. The van der Waals surface area contributed by atoms with Crippen molar-refractivity contribution in [2.24, 2.45) is 5.92 Å². The Morgan fingerprint density at radius 2 is 2.05 bits per heavy atom. The molecule has 2 unspecified atom stereocenters. The third-order valence-corrected chi connectivity index (χ3v) is 5.26. The number of thioether (sulfide) groups is 1. The van der Waals surface area contributed by atoms with Gasteiger partial charge in [-0.25, -0.2) is 9.59 Å². The number of nitrogens with one attached hydrogen (secondary N) is 1. The van der Waals surface area contributed by atoms with Gasteiger partial charge in [0.15, 0.2) is 0 Å². The van der Waals surface area contributed by atoms with Gasteiger partial charge in [-0.05, 0) is 12.3 Å². The highest BCUT2D eigenvalue weighted by molar-refractivity contribution is 8.00. The molecule has 1 aliphatic rings. The minimum atomic E-state index is -0.961. The molecule has 1 saturated heterocycles. The van der Waals surface area contributed by atoms with Gasteiger partial charge in [-0.3, -0.25) is 0 Å². The van der Waals surface area contributed by atoms with Gasteiger partial charge in [-0.15, -0.1) is 0 Å². The van der Waals surface area contributed by atoms with Gasteiger partial charge in [0.25, 0.3) is 0 Å². The van der Waals surface area contributed by atoms with Crippen LogP contribution in [0, 0.1) is 5.92 Å². The molecule has 1 fully saturated rings. The zero-order valence-corrected chi connectivity index (χ0v) is 13.6. The number of carboxylic acid groups (broad SMARTS) is 1. The second-order valence-corrected chi connectivity index (χ2v) is 7.80. The monoisotopic (exact) mass is 302 g/mol. The van der Waals surface area contributed by atoms with Crippen molar-refractivity contribution in [3.05, 3.63) is 0 Å². The summed E-state index contributed by atoms with van der Waals surface area (Å²) in [5.74, 6) is -0.145. The molecule has 1 heterocycles. The number of amides is 2. The van der Waals surface area contributed by atoms with Gasteiger partial charge in [-0.2, -0.15) is 11.8 Å². The summed E-state index contributed by atoms with van der Waals surface area (Å²) in [6, 6.07) is -1.06. The van der Waals surface area contributed by atoms with Crippen LogP contribution in [0.1, 0.15) is 40.5 Å². The first kappa shape index (κ1) is 17.1. The largest absolute Gasteiger partial charge is 0.480 e. The summed E-state index contributed by atoms with van der Waals surface area (Å²) < 4.78 is 0.179. The average Bonchev–Trinajstić information content (AvgIpc) is 2.55. The Hall–Kier alpha value is -0.910. The normalized spacial score (nSPS) is 21.7. The number of hydrogen-bond donors (Lipinski definition) is 2. The maximum Gasteiger partial charge on any atom is 0.326 e. The Labute approximate surface area is 125 Å². The second-order valence-electron chi connectivity index (χ2n) is 6.00. The van der Waals surface area contributed by atoms with E-state index in [4.69, 9.17) is 0 Å². The summed E-state index contributed by atoms with van der Waals surface area (Å²) in [6.07, 6.45) is 1.65. The van der Waals surface area contributed by atoms with Crippen molar-refractivity contribution < 1.29 is 14.7 Å². The number of rotatable bonds is 4. The number of hydrogen-bond acceptors (Lipinski definition) is 3. The van der Waals surface area contributed by atoms with E-state index in [0.717, 1.165) is 18.6 Å². The predicted molar refractivity (Wildman–Crippen MR) is 82.1 cm³/mol. The van der Waals surface area contributed by atoms with Gasteiger partial charge in [0.2, 0.25) is 0 Å². The van der Waals surface area contributed by atoms with E-state index in [2.05, 4.69) is 19.2 Å². The van der Waals surface area contributed by atoms with E-state index in [0.29, 0.717) is 13.1 Å². The minimum absolute atomic E-state index is 0.0748. The fourth-order valence-corrected chi connectivity index (χ4v) is 3.23. The molecule has 0 spiro atoms. The van der Waals surface area contributed by atoms with Gasteiger partial charge in [-0.1, -0.05) is 34.1 Å². The van der Waals surface area contributed by atoms with Crippen molar-refractivity contribution in [1.29, 1.82) is 0 Å². The van der Waals surface area contributed by atoms with E-state index < -0.39 is 12.0 Å². The molecule has 0 aliphatic carbocycles. The summed E-state index contributed by atoms with van der Waals surface area (Å²) in [5.41, 5.74) is 0. The van der Waals surface area contributed by atoms with Crippen LogP contribution in [-0.2, 0) is 4.79 Å². The van der Waals surface area contributed by atoms with Crippen LogP contribution in [0.5, 0.6) is 0 Å². The number of nitrogens with zero attached hydrogens (tertiary/aromatic N) is 1. The lowest BCUT2D eigenvalue weighted by atomic mass is 9.99. The molecular weight excluding hydrogens is 276 g/mol. The van der Waals surface area contributed by atoms with Crippen LogP contribution in [0.3, 0.4) is 0 Å². The number of carbonyl (C=O) groups is 2. The van der Waals surface area contributed by atoms with Crippen molar-refractivity contribution >= 4 is 23.8 Å². The van der Waals surface area contributed by atoms with Crippen LogP contribution in [0.25, 0.3) is 0 Å². The molecule has 6 heteroatoms. The van der Waals surface area contributed by atoms with Crippen molar-refractivity contribution in [2.45, 2.75) is 51.3 Å². The lowest BCUT2D eigenvalue weighted by Crippen LogP contribution is -2.51. The van der Waals surface area contributed by atoms with Crippen molar-refractivity contribution in [3.63, 3.8) is 0 Å². The van der Waals surface area contributed by atoms with Crippen LogP contribution in [-0.4, -0.2) is 51.6 Å². The Morgan fingerprint density at radius 1 is 1.40 bits per heavy atom. The molecule has 0 bridgehead atoms. The molecule has 20 heavy (non-hydrogen) atoms. The molecule has 0 radical (unpaired) electrons. The van der Waals surface area contributed by atoms with Gasteiger partial charge < -0.3 is 15.3 Å². The Morgan fingerprint density at radius 3 is 2.60 bits per heavy atom. The molecule has 1 rings (SSSR count). The van der Waals surface area contributed by atoms with Crippen molar-refractivity contribution in [2.75, 3.05) is 18.8 Å². The summed E-state index contributed by atoms with van der Waals surface area (Å²) in [5, 5.41) is 11.9. The molecule has 0 aromatic rings. The third-order valence-electron chi connectivity index (χ3n) is 3.88. The smallest absolute Gasteiger partial charge is 0.326 e. The van der Waals surface area contributed by atoms with E-state index >= 15 is 0 Å². The van der Waals surface area contributed by atoms with Gasteiger partial charge in [0.1, 0.15) is 6.04 Å². The Balaban J connectivity index is 2.62. The Bertz CT molecular complexity index is 360. The second kappa shape index (κ2) is 7.20. The van der Waals surface area contributed by atoms with E-state index in [1.807, 2.05) is 25.6 Å². The highest BCUT2D eigenvalue weighted by atomic mass is 32.2. The van der Waals surface area contributed by atoms with E-state index in [1.165, 1.54) is 0 Å². The van der Waals surface area contributed by atoms with E-state index in [1.54, 1.807) is 4.90 Å². The fraction of sp³-hybridized carbons (Fsp3) is 0.857. The third kappa shape index (κ3) is 4.89.